The number of ether oxygens (including phenoxy) is 1. The van der Waals surface area contributed by atoms with Gasteiger partial charge in [0.25, 0.3) is 11.7 Å². The number of likely N-dealkylation sites (tertiary alicyclic amines) is 1. The Kier molecular flexibility index (Phi) is 6.41. The van der Waals surface area contributed by atoms with Crippen molar-refractivity contribution in [2.45, 2.75) is 38.1 Å². The largest absolute Gasteiger partial charge is 0.507 e. The number of nitrogens with zero attached hydrogens (tertiary/aromatic N) is 1. The second-order valence-electron chi connectivity index (χ2n) is 9.19. The Labute approximate surface area is 205 Å². The van der Waals surface area contributed by atoms with Crippen LogP contribution in [0.15, 0.2) is 78.4 Å². The van der Waals surface area contributed by atoms with Gasteiger partial charge in [0.1, 0.15) is 11.5 Å². The van der Waals surface area contributed by atoms with Gasteiger partial charge in [0.15, 0.2) is 0 Å². The Bertz CT molecular complexity index is 1280. The van der Waals surface area contributed by atoms with Gasteiger partial charge in [-0.1, -0.05) is 54.6 Å². The molecule has 1 unspecified atom stereocenters. The number of fused-ring (bicyclic) bond motifs is 1. The van der Waals surface area contributed by atoms with Crippen LogP contribution in [0.5, 0.6) is 5.75 Å². The number of aliphatic hydroxyl groups excluding tert-OH is 1. The van der Waals surface area contributed by atoms with Crippen molar-refractivity contribution < 1.29 is 19.4 Å². The van der Waals surface area contributed by atoms with E-state index in [1.54, 1.807) is 12.0 Å². The second-order valence-corrected chi connectivity index (χ2v) is 9.19. The number of aliphatic hydroxyl groups is 1. The highest BCUT2D eigenvalue weighted by atomic mass is 16.5. The predicted octanol–water partition coefficient (Wildman–Crippen LogP) is 5.24. The molecule has 5 heteroatoms. The van der Waals surface area contributed by atoms with Crippen LogP contribution < -0.4 is 4.74 Å². The summed E-state index contributed by atoms with van der Waals surface area (Å²) in [6.45, 7) is 0.359. The van der Waals surface area contributed by atoms with E-state index in [1.807, 2.05) is 72.8 Å². The number of hydrogen-bond acceptors (Lipinski definition) is 4. The molecule has 35 heavy (non-hydrogen) atoms. The molecule has 3 aromatic carbocycles. The minimum absolute atomic E-state index is 0.0995. The number of Topliss-reactive ketones (excluding diaryl/α,β-unsaturated/α-hetero) is 1. The average Bonchev–Trinajstić information content (AvgIpc) is 3.17. The van der Waals surface area contributed by atoms with Crippen LogP contribution in [0, 0.1) is 0 Å². The van der Waals surface area contributed by atoms with Crippen molar-refractivity contribution in [3.05, 3.63) is 106 Å². The van der Waals surface area contributed by atoms with E-state index in [-0.39, 0.29) is 11.3 Å². The molecule has 0 spiro atoms. The molecule has 1 aliphatic carbocycles. The lowest BCUT2D eigenvalue weighted by atomic mass is 9.88. The highest BCUT2D eigenvalue weighted by molar-refractivity contribution is 6.46. The third-order valence-corrected chi connectivity index (χ3v) is 7.08. The molecule has 5 rings (SSSR count). The summed E-state index contributed by atoms with van der Waals surface area (Å²) >= 11 is 0. The SMILES string of the molecule is COc1ccc(CCN2C(=O)C(=O)/C(=C(\O)c3ccc4c(c3)CCCC4)C2c2ccccc2)cc1. The lowest BCUT2D eigenvalue weighted by Gasteiger charge is -2.25. The van der Waals surface area contributed by atoms with Crippen molar-refractivity contribution in [2.24, 2.45) is 0 Å². The summed E-state index contributed by atoms with van der Waals surface area (Å²) < 4.78 is 5.23. The first-order chi connectivity index (χ1) is 17.1. The molecule has 0 radical (unpaired) electrons. The Balaban J connectivity index is 1.52. The fourth-order valence-electron chi connectivity index (χ4n) is 5.17. The number of aryl methyl sites for hydroxylation is 2. The molecule has 0 saturated carbocycles. The third kappa shape index (κ3) is 4.46. The summed E-state index contributed by atoms with van der Waals surface area (Å²) in [5, 5.41) is 11.4. The number of rotatable bonds is 6. The summed E-state index contributed by atoms with van der Waals surface area (Å²) in [6.07, 6.45) is 4.88. The van der Waals surface area contributed by atoms with Crippen LogP contribution in [0.1, 0.15) is 46.7 Å². The molecule has 2 aliphatic rings. The van der Waals surface area contributed by atoms with Crippen molar-refractivity contribution in [3.8, 4) is 5.75 Å². The quantitative estimate of drug-likeness (QED) is 0.306. The van der Waals surface area contributed by atoms with Gasteiger partial charge in [-0.3, -0.25) is 9.59 Å². The molecule has 0 bridgehead atoms. The standard InChI is InChI=1S/C30H29NO4/c1-35-25-15-11-20(12-16-25)17-18-31-27(22-8-3-2-4-9-22)26(29(33)30(31)34)28(32)24-14-13-21-7-5-6-10-23(21)19-24/h2-4,8-9,11-16,19,27,32H,5-7,10,17-18H2,1H3/b28-26-. The lowest BCUT2D eigenvalue weighted by Crippen LogP contribution is -2.31. The number of benzene rings is 3. The minimum atomic E-state index is -0.635. The van der Waals surface area contributed by atoms with Crippen LogP contribution in [0.4, 0.5) is 0 Å². The molecule has 3 aromatic rings. The monoisotopic (exact) mass is 467 g/mol. The van der Waals surface area contributed by atoms with Crippen LogP contribution >= 0.6 is 0 Å². The molecule has 1 saturated heterocycles. The topological polar surface area (TPSA) is 66.8 Å². The summed E-state index contributed by atoms with van der Waals surface area (Å²) in [4.78, 5) is 28.1. The molecule has 5 nitrogen and oxygen atoms in total. The Morgan fingerprint density at radius 1 is 0.943 bits per heavy atom. The van der Waals surface area contributed by atoms with E-state index in [2.05, 4.69) is 0 Å². The van der Waals surface area contributed by atoms with Gasteiger partial charge in [0.05, 0.1) is 18.7 Å². The fraction of sp³-hybridized carbons (Fsp3) is 0.267. The molecule has 178 valence electrons. The fourth-order valence-corrected chi connectivity index (χ4v) is 5.17. The van der Waals surface area contributed by atoms with Gasteiger partial charge >= 0.3 is 0 Å². The van der Waals surface area contributed by atoms with E-state index in [0.29, 0.717) is 18.5 Å². The predicted molar refractivity (Wildman–Crippen MR) is 135 cm³/mol. The van der Waals surface area contributed by atoms with Crippen molar-refractivity contribution >= 4 is 17.4 Å². The zero-order chi connectivity index (χ0) is 24.4. The second kappa shape index (κ2) is 9.79. The summed E-state index contributed by atoms with van der Waals surface area (Å²) in [5.41, 5.74) is 5.11. The number of amides is 1. The maximum absolute atomic E-state index is 13.3. The smallest absolute Gasteiger partial charge is 0.295 e. The van der Waals surface area contributed by atoms with Crippen LogP contribution in [0.25, 0.3) is 5.76 Å². The van der Waals surface area contributed by atoms with Crippen molar-refractivity contribution in [2.75, 3.05) is 13.7 Å². The van der Waals surface area contributed by atoms with Crippen molar-refractivity contribution in [1.29, 1.82) is 0 Å². The maximum atomic E-state index is 13.3. The number of carbonyl (C=O) groups is 2. The molecule has 0 aromatic heterocycles. The van der Waals surface area contributed by atoms with Crippen LogP contribution in [-0.4, -0.2) is 35.4 Å². The summed E-state index contributed by atoms with van der Waals surface area (Å²) in [7, 11) is 1.62. The molecule has 1 N–H and O–H groups in total. The number of methoxy groups -OCH3 is 1. The van der Waals surface area contributed by atoms with Gasteiger partial charge in [-0.25, -0.2) is 0 Å². The molecule has 1 amide bonds. The summed E-state index contributed by atoms with van der Waals surface area (Å²) in [6, 6.07) is 22.4. The molecule has 1 fully saturated rings. The van der Waals surface area contributed by atoms with Crippen molar-refractivity contribution in [1.82, 2.24) is 4.90 Å². The Morgan fingerprint density at radius 3 is 2.37 bits per heavy atom. The first-order valence-corrected chi connectivity index (χ1v) is 12.2. The van der Waals surface area contributed by atoms with E-state index < -0.39 is 17.7 Å². The normalized spacial score (nSPS) is 19.0. The van der Waals surface area contributed by atoms with Crippen molar-refractivity contribution in [3.63, 3.8) is 0 Å². The Morgan fingerprint density at radius 2 is 1.66 bits per heavy atom. The highest BCUT2D eigenvalue weighted by Gasteiger charge is 2.45. The van der Waals surface area contributed by atoms with Gasteiger partial charge in [-0.2, -0.15) is 0 Å². The van der Waals surface area contributed by atoms with Gasteiger partial charge in [-0.15, -0.1) is 0 Å². The lowest BCUT2D eigenvalue weighted by molar-refractivity contribution is -0.139. The zero-order valence-electron chi connectivity index (χ0n) is 19.9. The Hall–Kier alpha value is -3.86. The minimum Gasteiger partial charge on any atom is -0.507 e. The summed E-state index contributed by atoms with van der Waals surface area (Å²) in [5.74, 6) is -0.545. The number of ketones is 1. The molecule has 1 aliphatic heterocycles. The van der Waals surface area contributed by atoms with E-state index >= 15 is 0 Å². The van der Waals surface area contributed by atoms with Crippen LogP contribution in [0.3, 0.4) is 0 Å². The van der Waals surface area contributed by atoms with Crippen LogP contribution in [-0.2, 0) is 28.9 Å². The maximum Gasteiger partial charge on any atom is 0.295 e. The van der Waals surface area contributed by atoms with E-state index in [1.165, 1.54) is 17.5 Å². The molecule has 1 atom stereocenters. The average molecular weight is 468 g/mol. The van der Waals surface area contributed by atoms with Gasteiger partial charge in [0, 0.05) is 12.1 Å². The first kappa shape index (κ1) is 22.9. The van der Waals surface area contributed by atoms with Gasteiger partial charge in [-0.05, 0) is 72.6 Å². The van der Waals surface area contributed by atoms with E-state index in [0.717, 1.165) is 36.1 Å². The van der Waals surface area contributed by atoms with Gasteiger partial charge in [0.2, 0.25) is 0 Å². The molecular formula is C30H29NO4. The number of hydrogen-bond donors (Lipinski definition) is 1. The molecule has 1 heterocycles. The zero-order valence-corrected chi connectivity index (χ0v) is 19.9. The molecular weight excluding hydrogens is 438 g/mol. The van der Waals surface area contributed by atoms with Gasteiger partial charge < -0.3 is 14.7 Å². The first-order valence-electron chi connectivity index (χ1n) is 12.2. The number of carbonyl (C=O) groups excluding carboxylic acids is 2. The third-order valence-electron chi connectivity index (χ3n) is 7.08. The van der Waals surface area contributed by atoms with E-state index in [9.17, 15) is 14.7 Å². The van der Waals surface area contributed by atoms with Crippen LogP contribution in [0.2, 0.25) is 0 Å². The highest BCUT2D eigenvalue weighted by Crippen LogP contribution is 2.40. The van der Waals surface area contributed by atoms with E-state index in [4.69, 9.17) is 4.74 Å².